The maximum absolute atomic E-state index is 12.7. The molecule has 34 heavy (non-hydrogen) atoms. The van der Waals surface area contributed by atoms with Crippen molar-refractivity contribution < 1.29 is 28.3 Å². The molecule has 2 aromatic heterocycles. The van der Waals surface area contributed by atoms with Gasteiger partial charge in [0.15, 0.2) is 17.3 Å². The van der Waals surface area contributed by atoms with Crippen LogP contribution in [0.1, 0.15) is 37.8 Å². The summed E-state index contributed by atoms with van der Waals surface area (Å²) >= 11 is 0. The maximum Gasteiger partial charge on any atom is 0.335 e. The Morgan fingerprint density at radius 1 is 1.21 bits per heavy atom. The Balaban J connectivity index is 1.81. The summed E-state index contributed by atoms with van der Waals surface area (Å²) in [6.07, 6.45) is 2.91. The van der Waals surface area contributed by atoms with E-state index < -0.39 is 24.5 Å². The van der Waals surface area contributed by atoms with Gasteiger partial charge in [-0.3, -0.25) is 9.59 Å². The van der Waals surface area contributed by atoms with Gasteiger partial charge >= 0.3 is 5.97 Å². The van der Waals surface area contributed by atoms with Crippen molar-refractivity contribution >= 4 is 35.0 Å². The second-order valence-corrected chi connectivity index (χ2v) is 7.46. The van der Waals surface area contributed by atoms with E-state index >= 15 is 0 Å². The highest BCUT2D eigenvalue weighted by atomic mass is 16.5. The van der Waals surface area contributed by atoms with Crippen LogP contribution < -0.4 is 20.7 Å². The fourth-order valence-corrected chi connectivity index (χ4v) is 3.22. The minimum Gasteiger partial charge on any atom is -0.494 e. The number of anilines is 3. The number of amides is 2. The number of carboxylic acid groups (broad SMARTS) is 1. The molecule has 1 aliphatic rings. The van der Waals surface area contributed by atoms with Gasteiger partial charge in [-0.25, -0.2) is 4.79 Å². The summed E-state index contributed by atoms with van der Waals surface area (Å²) in [6, 6.07) is 3.90. The number of aromatic carboxylic acids is 1. The molecule has 2 heterocycles. The number of hydrogen-bond acceptors (Lipinski definition) is 9. The van der Waals surface area contributed by atoms with Gasteiger partial charge in [0.25, 0.3) is 5.91 Å². The molecule has 0 unspecified atom stereocenters. The molecule has 176 valence electrons. The van der Waals surface area contributed by atoms with Gasteiger partial charge in [-0.15, -0.1) is 10.2 Å². The summed E-state index contributed by atoms with van der Waals surface area (Å²) < 4.78 is 27.5. The summed E-state index contributed by atoms with van der Waals surface area (Å²) in [6.45, 7) is -2.81. The molecule has 1 fully saturated rings. The number of ether oxygens (including phenoxy) is 1. The molecule has 1 aromatic carbocycles. The average Bonchev–Trinajstić information content (AvgIpc) is 3.58. The van der Waals surface area contributed by atoms with Gasteiger partial charge in [-0.2, -0.15) is 15.0 Å². The lowest BCUT2D eigenvalue weighted by molar-refractivity contribution is -0.117. The van der Waals surface area contributed by atoms with Gasteiger partial charge in [-0.1, -0.05) is 0 Å². The van der Waals surface area contributed by atoms with E-state index in [0.717, 1.165) is 12.8 Å². The Bertz CT molecular complexity index is 1390. The fourth-order valence-electron chi connectivity index (χ4n) is 3.22. The molecular weight excluding hydrogens is 444 g/mol. The molecule has 13 heteroatoms. The van der Waals surface area contributed by atoms with Crippen LogP contribution in [0.25, 0.3) is 11.3 Å². The Hall–Kier alpha value is -4.55. The first-order valence-corrected chi connectivity index (χ1v) is 10.1. The van der Waals surface area contributed by atoms with Crippen molar-refractivity contribution in [2.75, 3.05) is 24.7 Å². The third kappa shape index (κ3) is 4.62. The van der Waals surface area contributed by atoms with Crippen LogP contribution in [0, 0.1) is 5.92 Å². The van der Waals surface area contributed by atoms with Gasteiger partial charge in [-0.05, 0) is 25.0 Å². The summed E-state index contributed by atoms with van der Waals surface area (Å²) in [5.74, 6) is -2.56. The minimum atomic E-state index is -2.81. The van der Waals surface area contributed by atoms with Crippen molar-refractivity contribution in [1.82, 2.24) is 30.5 Å². The lowest BCUT2D eigenvalue weighted by atomic mass is 10.0. The molecule has 0 saturated heterocycles. The number of carbonyl (C=O) groups excluding carboxylic acids is 2. The van der Waals surface area contributed by atoms with E-state index in [1.54, 1.807) is 7.05 Å². The van der Waals surface area contributed by atoms with E-state index in [4.69, 9.17) is 8.85 Å². The monoisotopic (exact) mass is 469 g/mol. The van der Waals surface area contributed by atoms with E-state index in [9.17, 15) is 19.5 Å². The first-order valence-electron chi connectivity index (χ1n) is 11.6. The van der Waals surface area contributed by atoms with Crippen molar-refractivity contribution in [3.05, 3.63) is 35.7 Å². The van der Waals surface area contributed by atoms with Crippen LogP contribution in [0.3, 0.4) is 0 Å². The van der Waals surface area contributed by atoms with Crippen LogP contribution in [0.4, 0.5) is 17.2 Å². The zero-order chi connectivity index (χ0) is 26.9. The van der Waals surface area contributed by atoms with Crippen molar-refractivity contribution in [3.8, 4) is 17.0 Å². The van der Waals surface area contributed by atoms with E-state index in [2.05, 4.69) is 31.0 Å². The smallest absolute Gasteiger partial charge is 0.335 e. The van der Waals surface area contributed by atoms with Gasteiger partial charge in [0.05, 0.1) is 30.2 Å². The Kier molecular flexibility index (Phi) is 5.09. The first kappa shape index (κ1) is 19.0. The van der Waals surface area contributed by atoms with Gasteiger partial charge in [0, 0.05) is 35.7 Å². The molecule has 2 amide bonds. The Morgan fingerprint density at radius 2 is 2.00 bits per heavy atom. The number of rotatable bonds is 8. The van der Waals surface area contributed by atoms with Gasteiger partial charge in [0.1, 0.15) is 5.69 Å². The van der Waals surface area contributed by atoms with Crippen molar-refractivity contribution in [2.45, 2.75) is 12.8 Å². The van der Waals surface area contributed by atoms with E-state index in [1.165, 1.54) is 36.3 Å². The average molecular weight is 469 g/mol. The topological polar surface area (TPSA) is 173 Å². The van der Waals surface area contributed by atoms with Gasteiger partial charge in [0.2, 0.25) is 5.91 Å². The number of methoxy groups -OCH3 is 1. The highest BCUT2D eigenvalue weighted by Gasteiger charge is 2.30. The minimum absolute atomic E-state index is 0.00680. The summed E-state index contributed by atoms with van der Waals surface area (Å²) in [7, 11) is 2.95. The number of aromatic nitrogens is 5. The summed E-state index contributed by atoms with van der Waals surface area (Å²) in [5, 5.41) is 32.9. The predicted octanol–water partition coefficient (Wildman–Crippen LogP) is 1.43. The van der Waals surface area contributed by atoms with Crippen molar-refractivity contribution in [2.24, 2.45) is 13.0 Å². The van der Waals surface area contributed by atoms with Crippen molar-refractivity contribution in [1.29, 1.82) is 0 Å². The van der Waals surface area contributed by atoms with Crippen LogP contribution in [-0.4, -0.2) is 62.2 Å². The predicted molar refractivity (Wildman–Crippen MR) is 120 cm³/mol. The van der Waals surface area contributed by atoms with Crippen LogP contribution in [0.2, 0.25) is 0 Å². The van der Waals surface area contributed by atoms with Crippen LogP contribution in [-0.2, 0) is 11.8 Å². The van der Waals surface area contributed by atoms with Crippen molar-refractivity contribution in [3.63, 3.8) is 0 Å². The molecule has 4 rings (SSSR count). The Morgan fingerprint density at radius 3 is 2.62 bits per heavy atom. The molecule has 0 spiro atoms. The zero-order valence-electron chi connectivity index (χ0n) is 21.1. The molecule has 1 aliphatic carbocycles. The lowest BCUT2D eigenvalue weighted by Gasteiger charge is -2.17. The van der Waals surface area contributed by atoms with Crippen LogP contribution in [0.15, 0.2) is 24.4 Å². The second-order valence-electron chi connectivity index (χ2n) is 7.46. The SMILES string of the molecule is [2H]C([2H])([2H])NC(=O)c1nnc(NC(=O)C2CC2)cc1Nc1cc(C(=O)O)cc(-c2cnn(C)n2)c1OC. The third-order valence-corrected chi connectivity index (χ3v) is 5.01. The number of nitrogens with zero attached hydrogens (tertiary/aromatic N) is 5. The van der Waals surface area contributed by atoms with E-state index in [1.807, 2.05) is 5.32 Å². The molecule has 1 saturated carbocycles. The molecule has 3 aromatic rings. The number of aryl methyl sites for hydroxylation is 1. The fraction of sp³-hybridized carbons (Fsp3) is 0.286. The maximum atomic E-state index is 12.7. The molecule has 13 nitrogen and oxygen atoms in total. The number of nitrogens with one attached hydrogen (secondary N) is 3. The largest absolute Gasteiger partial charge is 0.494 e. The summed E-state index contributed by atoms with van der Waals surface area (Å²) in [5.41, 5.74) is 0.0882. The zero-order valence-corrected chi connectivity index (χ0v) is 18.1. The molecule has 0 bridgehead atoms. The molecule has 4 N–H and O–H groups in total. The van der Waals surface area contributed by atoms with E-state index in [0.29, 0.717) is 5.69 Å². The normalized spacial score (nSPS) is 14.4. The quantitative estimate of drug-likeness (QED) is 0.378. The van der Waals surface area contributed by atoms with E-state index in [-0.39, 0.29) is 45.9 Å². The highest BCUT2D eigenvalue weighted by Crippen LogP contribution is 2.39. The summed E-state index contributed by atoms with van der Waals surface area (Å²) in [4.78, 5) is 38.1. The number of carboxylic acids is 1. The number of carbonyl (C=O) groups is 3. The third-order valence-electron chi connectivity index (χ3n) is 5.01. The second kappa shape index (κ2) is 9.13. The van der Waals surface area contributed by atoms with Crippen LogP contribution in [0.5, 0.6) is 5.75 Å². The molecule has 0 radical (unpaired) electrons. The Labute approximate surface area is 197 Å². The molecule has 0 aliphatic heterocycles. The van der Waals surface area contributed by atoms with Crippen LogP contribution >= 0.6 is 0 Å². The highest BCUT2D eigenvalue weighted by molar-refractivity contribution is 6.01. The molecule has 0 atom stereocenters. The standard InChI is InChI=1S/C21H22N8O5/c1-22-20(31)17-13(8-16(26-27-17)25-19(30)10-4-5-10)24-14-7-11(21(32)33)6-12(18(14)34-3)15-9-23-29(2)28-15/h6-10H,4-5H2,1-3H3,(H,22,31)(H,32,33)(H2,24,25,26,30)/i1D3. The molecular formula is C21H22N8O5. The van der Waals surface area contributed by atoms with Gasteiger partial charge < -0.3 is 25.8 Å². The number of benzene rings is 1. The first-order chi connectivity index (χ1) is 17.4. The number of hydrogen-bond donors (Lipinski definition) is 4. The lowest BCUT2D eigenvalue weighted by Crippen LogP contribution is -2.22.